The van der Waals surface area contributed by atoms with E-state index in [4.69, 9.17) is 9.47 Å². The van der Waals surface area contributed by atoms with E-state index in [2.05, 4.69) is 5.32 Å². The molecule has 0 aliphatic carbocycles. The number of benzene rings is 3. The number of anilines is 1. The molecular formula is C24H24N2O5. The number of hydrogen-bond acceptors (Lipinski definition) is 6. The third-order valence-corrected chi connectivity index (χ3v) is 4.79. The molecule has 0 fully saturated rings. The molecule has 0 aromatic heterocycles. The van der Waals surface area contributed by atoms with Gasteiger partial charge >= 0.3 is 5.69 Å². The van der Waals surface area contributed by atoms with Gasteiger partial charge in [0.1, 0.15) is 5.75 Å². The number of nitrogens with zero attached hydrogens (tertiary/aromatic N) is 1. The molecule has 7 heteroatoms. The lowest BCUT2D eigenvalue weighted by atomic mass is 9.97. The van der Waals surface area contributed by atoms with Crippen LogP contribution in [0.1, 0.15) is 35.3 Å². The van der Waals surface area contributed by atoms with Crippen LogP contribution in [0.3, 0.4) is 0 Å². The van der Waals surface area contributed by atoms with Gasteiger partial charge in [-0.25, -0.2) is 0 Å². The van der Waals surface area contributed by atoms with Crippen molar-refractivity contribution >= 4 is 17.2 Å². The van der Waals surface area contributed by atoms with Crippen LogP contribution >= 0.6 is 0 Å². The quantitative estimate of drug-likeness (QED) is 0.267. The average molecular weight is 420 g/mol. The average Bonchev–Trinajstić information content (AvgIpc) is 2.80. The van der Waals surface area contributed by atoms with Crippen molar-refractivity contribution in [2.45, 2.75) is 19.4 Å². The van der Waals surface area contributed by atoms with E-state index in [-0.39, 0.29) is 23.6 Å². The van der Waals surface area contributed by atoms with Crippen LogP contribution in [0.25, 0.3) is 0 Å². The van der Waals surface area contributed by atoms with Crippen molar-refractivity contribution in [1.82, 2.24) is 0 Å². The third-order valence-electron chi connectivity index (χ3n) is 4.79. The summed E-state index contributed by atoms with van der Waals surface area (Å²) in [6.45, 7) is 2.48. The number of Topliss-reactive ketones (excluding diaryl/α,β-unsaturated/α-hetero) is 1. The van der Waals surface area contributed by atoms with Crippen molar-refractivity contribution in [2.75, 3.05) is 19.0 Å². The normalized spacial score (nSPS) is 11.4. The standard InChI is InChI=1S/C24H24N2O5/c1-3-31-20-12-10-19(11-13-20)25-21(16-23(27)17-7-5-4-6-8-17)18-9-14-24(30-2)22(15-18)26(28)29/h4-15,21,25H,3,16H2,1-2H3. The maximum absolute atomic E-state index is 12.9. The van der Waals surface area contributed by atoms with Gasteiger partial charge in [0.15, 0.2) is 11.5 Å². The Bertz CT molecular complexity index is 1040. The Labute approximate surface area is 180 Å². The van der Waals surface area contributed by atoms with Gasteiger partial charge in [-0.3, -0.25) is 14.9 Å². The minimum Gasteiger partial charge on any atom is -0.494 e. The highest BCUT2D eigenvalue weighted by atomic mass is 16.6. The number of nitrogens with one attached hydrogen (secondary N) is 1. The van der Waals surface area contributed by atoms with Crippen LogP contribution in [-0.4, -0.2) is 24.4 Å². The first-order valence-corrected chi connectivity index (χ1v) is 9.91. The van der Waals surface area contributed by atoms with Gasteiger partial charge in [0.05, 0.1) is 24.7 Å². The van der Waals surface area contributed by atoms with Crippen LogP contribution in [0.15, 0.2) is 72.8 Å². The maximum atomic E-state index is 12.9. The minimum atomic E-state index is -0.491. The molecule has 0 saturated carbocycles. The molecule has 0 saturated heterocycles. The van der Waals surface area contributed by atoms with Crippen LogP contribution in [0.5, 0.6) is 11.5 Å². The fraction of sp³-hybridized carbons (Fsp3) is 0.208. The summed E-state index contributed by atoms with van der Waals surface area (Å²) in [4.78, 5) is 23.9. The molecule has 0 bridgehead atoms. The monoisotopic (exact) mass is 420 g/mol. The molecule has 0 aliphatic rings. The van der Waals surface area contributed by atoms with E-state index < -0.39 is 11.0 Å². The summed E-state index contributed by atoms with van der Waals surface area (Å²) in [5, 5.41) is 14.8. The third kappa shape index (κ3) is 5.60. The molecule has 0 heterocycles. The smallest absolute Gasteiger partial charge is 0.311 e. The highest BCUT2D eigenvalue weighted by Gasteiger charge is 2.22. The first-order chi connectivity index (χ1) is 15.0. The van der Waals surface area contributed by atoms with E-state index in [0.29, 0.717) is 17.7 Å². The molecule has 0 aliphatic heterocycles. The predicted molar refractivity (Wildman–Crippen MR) is 119 cm³/mol. The molecule has 7 nitrogen and oxygen atoms in total. The Morgan fingerprint density at radius 3 is 2.39 bits per heavy atom. The molecule has 3 aromatic carbocycles. The Morgan fingerprint density at radius 1 is 1.06 bits per heavy atom. The molecule has 31 heavy (non-hydrogen) atoms. The van der Waals surface area contributed by atoms with Crippen LogP contribution in [0, 0.1) is 10.1 Å². The van der Waals surface area contributed by atoms with Crippen LogP contribution in [0.4, 0.5) is 11.4 Å². The number of ether oxygens (including phenoxy) is 2. The summed E-state index contributed by atoms with van der Waals surface area (Å²) in [5.74, 6) is 0.843. The molecule has 1 N–H and O–H groups in total. The molecule has 160 valence electrons. The lowest BCUT2D eigenvalue weighted by Crippen LogP contribution is -2.16. The SMILES string of the molecule is CCOc1ccc(NC(CC(=O)c2ccccc2)c2ccc(OC)c([N+](=O)[O-])c2)cc1. The van der Waals surface area contributed by atoms with Gasteiger partial charge in [-0.2, -0.15) is 0 Å². The second kappa shape index (κ2) is 10.2. The van der Waals surface area contributed by atoms with Crippen molar-refractivity contribution in [3.05, 3.63) is 94.0 Å². The number of nitro benzene ring substituents is 1. The molecule has 3 aromatic rings. The van der Waals surface area contributed by atoms with Gasteiger partial charge in [0.25, 0.3) is 0 Å². The molecule has 0 amide bonds. The van der Waals surface area contributed by atoms with E-state index in [0.717, 1.165) is 11.4 Å². The number of nitro groups is 1. The van der Waals surface area contributed by atoms with Crippen LogP contribution < -0.4 is 14.8 Å². The number of ketones is 1. The lowest BCUT2D eigenvalue weighted by Gasteiger charge is -2.20. The molecule has 1 atom stereocenters. The van der Waals surface area contributed by atoms with Gasteiger partial charge in [0, 0.05) is 23.7 Å². The van der Waals surface area contributed by atoms with Crippen molar-refractivity contribution in [2.24, 2.45) is 0 Å². The van der Waals surface area contributed by atoms with Crippen LogP contribution in [0.2, 0.25) is 0 Å². The van der Waals surface area contributed by atoms with E-state index >= 15 is 0 Å². The largest absolute Gasteiger partial charge is 0.494 e. The zero-order valence-corrected chi connectivity index (χ0v) is 17.4. The second-order valence-electron chi connectivity index (χ2n) is 6.84. The topological polar surface area (TPSA) is 90.7 Å². The van der Waals surface area contributed by atoms with Gasteiger partial charge in [-0.15, -0.1) is 0 Å². The summed E-state index contributed by atoms with van der Waals surface area (Å²) in [7, 11) is 1.39. The number of rotatable bonds is 10. The first-order valence-electron chi connectivity index (χ1n) is 9.91. The second-order valence-corrected chi connectivity index (χ2v) is 6.84. The maximum Gasteiger partial charge on any atom is 0.311 e. The fourth-order valence-electron chi connectivity index (χ4n) is 3.26. The van der Waals surface area contributed by atoms with Gasteiger partial charge in [-0.05, 0) is 42.8 Å². The highest BCUT2D eigenvalue weighted by Crippen LogP contribution is 2.33. The minimum absolute atomic E-state index is 0.0671. The molecule has 3 rings (SSSR count). The molecular weight excluding hydrogens is 396 g/mol. The van der Waals surface area contributed by atoms with E-state index in [1.54, 1.807) is 36.4 Å². The summed E-state index contributed by atoms with van der Waals surface area (Å²) in [6.07, 6.45) is 0.126. The van der Waals surface area contributed by atoms with E-state index in [1.165, 1.54) is 13.2 Å². The summed E-state index contributed by atoms with van der Waals surface area (Å²) in [5.41, 5.74) is 1.83. The zero-order chi connectivity index (χ0) is 22.2. The lowest BCUT2D eigenvalue weighted by molar-refractivity contribution is -0.385. The fourth-order valence-corrected chi connectivity index (χ4v) is 3.26. The molecule has 0 spiro atoms. The van der Waals surface area contributed by atoms with E-state index in [9.17, 15) is 14.9 Å². The van der Waals surface area contributed by atoms with Crippen molar-refractivity contribution < 1.29 is 19.2 Å². The highest BCUT2D eigenvalue weighted by molar-refractivity contribution is 5.96. The number of carbonyl (C=O) groups is 1. The Hall–Kier alpha value is -3.87. The molecule has 1 unspecified atom stereocenters. The van der Waals surface area contributed by atoms with Gasteiger partial charge in [0.2, 0.25) is 0 Å². The summed E-state index contributed by atoms with van der Waals surface area (Å²) in [6, 6.07) is 20.6. The van der Waals surface area contributed by atoms with Crippen LogP contribution in [-0.2, 0) is 0 Å². The van der Waals surface area contributed by atoms with Crippen molar-refractivity contribution in [3.8, 4) is 11.5 Å². The number of hydrogen-bond donors (Lipinski definition) is 1. The number of methoxy groups -OCH3 is 1. The summed E-state index contributed by atoms with van der Waals surface area (Å²) < 4.78 is 10.6. The number of carbonyl (C=O) groups excluding carboxylic acids is 1. The van der Waals surface area contributed by atoms with Crippen molar-refractivity contribution in [1.29, 1.82) is 0 Å². The Kier molecular flexibility index (Phi) is 7.22. The zero-order valence-electron chi connectivity index (χ0n) is 17.4. The Morgan fingerprint density at radius 2 is 1.77 bits per heavy atom. The van der Waals surface area contributed by atoms with Crippen molar-refractivity contribution in [3.63, 3.8) is 0 Å². The van der Waals surface area contributed by atoms with Gasteiger partial charge < -0.3 is 14.8 Å². The predicted octanol–water partition coefficient (Wildman–Crippen LogP) is 5.43. The Balaban J connectivity index is 1.92. The molecule has 0 radical (unpaired) electrons. The first kappa shape index (κ1) is 21.8. The van der Waals surface area contributed by atoms with E-state index in [1.807, 2.05) is 37.3 Å². The van der Waals surface area contributed by atoms with Gasteiger partial charge in [-0.1, -0.05) is 36.4 Å². The summed E-state index contributed by atoms with van der Waals surface area (Å²) >= 11 is 0.